The smallest absolute Gasteiger partial charge is 0.278 e. The van der Waals surface area contributed by atoms with Crippen LogP contribution in [0.15, 0.2) is 65.5 Å². The molecule has 0 unspecified atom stereocenters. The van der Waals surface area contributed by atoms with Crippen LogP contribution in [0.3, 0.4) is 0 Å². The first-order valence-corrected chi connectivity index (χ1v) is 9.13. The van der Waals surface area contributed by atoms with Gasteiger partial charge in [-0.1, -0.05) is 30.3 Å². The fourth-order valence-electron chi connectivity index (χ4n) is 2.91. The molecule has 1 amide bonds. The van der Waals surface area contributed by atoms with E-state index in [1.54, 1.807) is 18.7 Å². The first-order chi connectivity index (χ1) is 13.5. The minimum atomic E-state index is -0.413. The predicted octanol–water partition coefficient (Wildman–Crippen LogP) is 3.21. The van der Waals surface area contributed by atoms with Gasteiger partial charge >= 0.3 is 0 Å². The summed E-state index contributed by atoms with van der Waals surface area (Å²) in [5.74, 6) is 0.370. The number of benzene rings is 2. The summed E-state index contributed by atoms with van der Waals surface area (Å²) < 4.78 is 7.04. The number of amides is 1. The first kappa shape index (κ1) is 19.4. The minimum Gasteiger partial charge on any atom is -0.494 e. The number of carbonyl (C=O) groups excluding carboxylic acids is 1. The van der Waals surface area contributed by atoms with Crippen molar-refractivity contribution in [2.24, 2.45) is 0 Å². The molecular weight excluding hydrogens is 354 g/mol. The predicted molar refractivity (Wildman–Crippen MR) is 108 cm³/mol. The Labute approximate surface area is 164 Å². The molecule has 3 aromatic rings. The zero-order valence-electron chi connectivity index (χ0n) is 16.3. The van der Waals surface area contributed by atoms with Crippen molar-refractivity contribution in [3.63, 3.8) is 0 Å². The zero-order chi connectivity index (χ0) is 20.1. The van der Waals surface area contributed by atoms with Crippen LogP contribution in [0.2, 0.25) is 0 Å². The van der Waals surface area contributed by atoms with Crippen LogP contribution in [0.1, 0.15) is 28.7 Å². The molecule has 0 saturated carbocycles. The number of hydrogen-bond acceptors (Lipinski definition) is 4. The van der Waals surface area contributed by atoms with Gasteiger partial charge in [0.25, 0.3) is 5.91 Å². The number of aromatic nitrogens is 2. The monoisotopic (exact) mass is 377 g/mol. The van der Waals surface area contributed by atoms with Gasteiger partial charge in [0.15, 0.2) is 5.69 Å². The normalized spacial score (nSPS) is 10.5. The summed E-state index contributed by atoms with van der Waals surface area (Å²) in [6, 6.07) is 18.4. The lowest BCUT2D eigenvalue weighted by Crippen LogP contribution is -2.33. The van der Waals surface area contributed by atoms with E-state index in [1.807, 2.05) is 61.5 Å². The average molecular weight is 377 g/mol. The van der Waals surface area contributed by atoms with Crippen molar-refractivity contribution < 1.29 is 9.53 Å². The van der Waals surface area contributed by atoms with E-state index in [0.29, 0.717) is 18.8 Å². The summed E-state index contributed by atoms with van der Waals surface area (Å²) in [5, 5.41) is 4.34. The third-order valence-electron chi connectivity index (χ3n) is 4.31. The van der Waals surface area contributed by atoms with Crippen LogP contribution in [-0.4, -0.2) is 34.2 Å². The minimum absolute atomic E-state index is 0.0945. The Hall–Kier alpha value is -3.41. The van der Waals surface area contributed by atoms with Crippen LogP contribution in [-0.2, 0) is 6.54 Å². The molecule has 6 nitrogen and oxygen atoms in total. The first-order valence-electron chi connectivity index (χ1n) is 9.13. The number of para-hydroxylation sites is 1. The van der Waals surface area contributed by atoms with Crippen LogP contribution in [0, 0.1) is 6.92 Å². The van der Waals surface area contributed by atoms with Gasteiger partial charge in [-0.2, -0.15) is 5.10 Å². The molecule has 28 heavy (non-hydrogen) atoms. The second-order valence-corrected chi connectivity index (χ2v) is 6.48. The summed E-state index contributed by atoms with van der Waals surface area (Å²) in [6.07, 6.45) is 0. The maximum Gasteiger partial charge on any atom is 0.278 e. The van der Waals surface area contributed by atoms with Gasteiger partial charge in [-0.05, 0) is 43.7 Å². The van der Waals surface area contributed by atoms with E-state index < -0.39 is 5.91 Å². The molecule has 0 fully saturated rings. The van der Waals surface area contributed by atoms with Gasteiger partial charge in [-0.25, -0.2) is 4.68 Å². The van der Waals surface area contributed by atoms with Gasteiger partial charge in [-0.3, -0.25) is 9.59 Å². The van der Waals surface area contributed by atoms with Crippen LogP contribution in [0.4, 0.5) is 0 Å². The summed E-state index contributed by atoms with van der Waals surface area (Å²) in [4.78, 5) is 26.7. The van der Waals surface area contributed by atoms with Crippen LogP contribution >= 0.6 is 0 Å². The van der Waals surface area contributed by atoms with E-state index in [0.717, 1.165) is 17.0 Å². The molecule has 0 radical (unpaired) electrons. The summed E-state index contributed by atoms with van der Waals surface area (Å²) in [6.45, 7) is 4.69. The molecule has 0 aliphatic carbocycles. The zero-order valence-corrected chi connectivity index (χ0v) is 16.3. The van der Waals surface area contributed by atoms with Gasteiger partial charge in [0.05, 0.1) is 12.3 Å². The molecule has 0 N–H and O–H groups in total. The summed E-state index contributed by atoms with van der Waals surface area (Å²) in [7, 11) is 1.66. The highest BCUT2D eigenvalue weighted by Gasteiger charge is 2.19. The van der Waals surface area contributed by atoms with Crippen LogP contribution in [0.25, 0.3) is 5.69 Å². The Bertz CT molecular complexity index is 1010. The maximum atomic E-state index is 12.9. The van der Waals surface area contributed by atoms with Crippen molar-refractivity contribution in [1.82, 2.24) is 14.7 Å². The van der Waals surface area contributed by atoms with Gasteiger partial charge in [0.1, 0.15) is 5.75 Å². The van der Waals surface area contributed by atoms with Gasteiger partial charge in [-0.15, -0.1) is 0 Å². The topological polar surface area (TPSA) is 64.4 Å². The number of hydrogen-bond donors (Lipinski definition) is 0. The second kappa shape index (κ2) is 8.52. The Morgan fingerprint density at radius 3 is 2.43 bits per heavy atom. The molecule has 0 spiro atoms. The average Bonchev–Trinajstić information content (AvgIpc) is 2.70. The van der Waals surface area contributed by atoms with Crippen molar-refractivity contribution in [3.05, 3.63) is 87.8 Å². The standard InChI is InChI=1S/C22H23N3O3/c1-4-28-19-12-10-17(11-13-19)15-24(3)22(27)21-20(26)14-16(2)25(23-21)18-8-6-5-7-9-18/h5-14H,4,15H2,1-3H3. The Kier molecular flexibility index (Phi) is 5.89. The molecule has 0 aliphatic heterocycles. The molecule has 1 heterocycles. The molecule has 0 atom stereocenters. The molecular formula is C22H23N3O3. The van der Waals surface area contributed by atoms with Crippen molar-refractivity contribution in [2.75, 3.05) is 13.7 Å². The molecule has 0 saturated heterocycles. The van der Waals surface area contributed by atoms with E-state index in [-0.39, 0.29) is 11.1 Å². The maximum absolute atomic E-state index is 12.9. The lowest BCUT2D eigenvalue weighted by atomic mass is 10.2. The van der Waals surface area contributed by atoms with Crippen molar-refractivity contribution in [3.8, 4) is 11.4 Å². The van der Waals surface area contributed by atoms with Gasteiger partial charge in [0.2, 0.25) is 5.43 Å². The lowest BCUT2D eigenvalue weighted by molar-refractivity contribution is 0.0776. The molecule has 144 valence electrons. The SMILES string of the molecule is CCOc1ccc(CN(C)C(=O)c2nn(-c3ccccc3)c(C)cc2=O)cc1. The fourth-order valence-corrected chi connectivity index (χ4v) is 2.91. The fraction of sp³-hybridized carbons (Fsp3) is 0.227. The third-order valence-corrected chi connectivity index (χ3v) is 4.31. The molecule has 0 bridgehead atoms. The highest BCUT2D eigenvalue weighted by Crippen LogP contribution is 2.14. The summed E-state index contributed by atoms with van der Waals surface area (Å²) in [5.41, 5.74) is 1.93. The largest absolute Gasteiger partial charge is 0.494 e. The van der Waals surface area contributed by atoms with Crippen molar-refractivity contribution in [1.29, 1.82) is 0 Å². The molecule has 2 aromatic carbocycles. The number of nitrogens with zero attached hydrogens (tertiary/aromatic N) is 3. The second-order valence-electron chi connectivity index (χ2n) is 6.48. The van der Waals surface area contributed by atoms with Gasteiger partial charge in [0, 0.05) is 25.4 Å². The van der Waals surface area contributed by atoms with E-state index >= 15 is 0 Å². The third kappa shape index (κ3) is 4.28. The summed E-state index contributed by atoms with van der Waals surface area (Å²) >= 11 is 0. The Morgan fingerprint density at radius 1 is 1.11 bits per heavy atom. The number of carbonyl (C=O) groups is 1. The van der Waals surface area contributed by atoms with Gasteiger partial charge < -0.3 is 9.64 Å². The van der Waals surface area contributed by atoms with E-state index in [1.165, 1.54) is 11.0 Å². The van der Waals surface area contributed by atoms with E-state index in [4.69, 9.17) is 4.74 Å². The van der Waals surface area contributed by atoms with E-state index in [9.17, 15) is 9.59 Å². The number of aryl methyl sites for hydroxylation is 1. The molecule has 0 aliphatic rings. The quantitative estimate of drug-likeness (QED) is 0.662. The van der Waals surface area contributed by atoms with Crippen LogP contribution in [0.5, 0.6) is 5.75 Å². The van der Waals surface area contributed by atoms with Crippen molar-refractivity contribution in [2.45, 2.75) is 20.4 Å². The highest BCUT2D eigenvalue weighted by atomic mass is 16.5. The molecule has 6 heteroatoms. The Balaban J connectivity index is 1.84. The highest BCUT2D eigenvalue weighted by molar-refractivity contribution is 5.91. The molecule has 1 aromatic heterocycles. The van der Waals surface area contributed by atoms with E-state index in [2.05, 4.69) is 5.10 Å². The van der Waals surface area contributed by atoms with Crippen LogP contribution < -0.4 is 10.2 Å². The number of rotatable bonds is 6. The number of ether oxygens (including phenoxy) is 1. The lowest BCUT2D eigenvalue weighted by Gasteiger charge is -2.18. The molecule has 3 rings (SSSR count). The Morgan fingerprint density at radius 2 is 1.79 bits per heavy atom. The van der Waals surface area contributed by atoms with Crippen molar-refractivity contribution >= 4 is 5.91 Å².